The van der Waals surface area contributed by atoms with E-state index < -0.39 is 0 Å². The van der Waals surface area contributed by atoms with Crippen LogP contribution in [0.15, 0.2) is 42.5 Å². The van der Waals surface area contributed by atoms with E-state index in [2.05, 4.69) is 5.32 Å². The summed E-state index contributed by atoms with van der Waals surface area (Å²) < 4.78 is 18.9. The Morgan fingerprint density at radius 2 is 1.83 bits per heavy atom. The monoisotopic (exact) mass is 333 g/mol. The van der Waals surface area contributed by atoms with Crippen LogP contribution in [-0.2, 0) is 13.2 Å². The number of rotatable bonds is 6. The molecule has 2 aromatic carbocycles. The molecule has 2 aromatic rings. The number of nitrogens with one attached hydrogen (secondary N) is 1. The summed E-state index contributed by atoms with van der Waals surface area (Å²) >= 11 is 6.12. The topological polar surface area (TPSA) is 21.3 Å². The van der Waals surface area contributed by atoms with E-state index in [1.165, 1.54) is 37.8 Å². The first kappa shape index (κ1) is 16.3. The van der Waals surface area contributed by atoms with Gasteiger partial charge in [0.05, 0.1) is 0 Å². The lowest BCUT2D eigenvalue weighted by molar-refractivity contribution is 0.301. The highest BCUT2D eigenvalue weighted by Crippen LogP contribution is 2.25. The summed E-state index contributed by atoms with van der Waals surface area (Å²) in [7, 11) is 0. The van der Waals surface area contributed by atoms with Crippen molar-refractivity contribution >= 4 is 11.6 Å². The molecule has 1 N–H and O–H groups in total. The zero-order chi connectivity index (χ0) is 16.1. The van der Waals surface area contributed by atoms with E-state index in [0.29, 0.717) is 17.7 Å². The number of benzene rings is 2. The van der Waals surface area contributed by atoms with E-state index in [4.69, 9.17) is 16.3 Å². The Kier molecular flexibility index (Phi) is 5.52. The van der Waals surface area contributed by atoms with E-state index in [1.54, 1.807) is 12.1 Å². The van der Waals surface area contributed by atoms with Crippen LogP contribution in [0.3, 0.4) is 0 Å². The smallest absolute Gasteiger partial charge is 0.124 e. The highest BCUT2D eigenvalue weighted by Gasteiger charge is 2.15. The van der Waals surface area contributed by atoms with Gasteiger partial charge >= 0.3 is 0 Å². The third kappa shape index (κ3) is 4.69. The summed E-state index contributed by atoms with van der Waals surface area (Å²) in [6, 6.07) is 12.6. The molecule has 0 bridgehead atoms. The van der Waals surface area contributed by atoms with Gasteiger partial charge in [-0.25, -0.2) is 4.39 Å². The van der Waals surface area contributed by atoms with E-state index in [-0.39, 0.29) is 5.82 Å². The maximum Gasteiger partial charge on any atom is 0.124 e. The molecule has 2 nitrogen and oxygen atoms in total. The molecule has 1 saturated carbocycles. The molecule has 0 heterocycles. The Bertz CT molecular complexity index is 638. The van der Waals surface area contributed by atoms with Gasteiger partial charge in [0, 0.05) is 23.2 Å². The van der Waals surface area contributed by atoms with Crippen molar-refractivity contribution in [2.45, 2.75) is 44.9 Å². The molecule has 0 spiro atoms. The van der Waals surface area contributed by atoms with Gasteiger partial charge < -0.3 is 10.1 Å². The molecule has 1 fully saturated rings. The number of halogens is 2. The molecule has 3 rings (SSSR count). The van der Waals surface area contributed by atoms with Crippen molar-refractivity contribution in [2.24, 2.45) is 0 Å². The van der Waals surface area contributed by atoms with E-state index in [1.807, 2.05) is 18.2 Å². The van der Waals surface area contributed by atoms with Gasteiger partial charge in [0.15, 0.2) is 0 Å². The quantitative estimate of drug-likeness (QED) is 0.795. The van der Waals surface area contributed by atoms with Gasteiger partial charge in [-0.05, 0) is 48.7 Å². The predicted octanol–water partition coefficient (Wildman–Crippen LogP) is 5.09. The van der Waals surface area contributed by atoms with Crippen molar-refractivity contribution in [2.75, 3.05) is 0 Å². The van der Waals surface area contributed by atoms with E-state index in [9.17, 15) is 4.39 Å². The van der Waals surface area contributed by atoms with Gasteiger partial charge in [0.1, 0.15) is 18.2 Å². The fourth-order valence-electron chi connectivity index (χ4n) is 2.95. The van der Waals surface area contributed by atoms with E-state index >= 15 is 0 Å². The highest BCUT2D eigenvalue weighted by atomic mass is 35.5. The van der Waals surface area contributed by atoms with Crippen molar-refractivity contribution in [1.29, 1.82) is 0 Å². The van der Waals surface area contributed by atoms with Crippen molar-refractivity contribution in [3.63, 3.8) is 0 Å². The summed E-state index contributed by atoms with van der Waals surface area (Å²) in [5, 5.41) is 4.29. The van der Waals surface area contributed by atoms with Crippen LogP contribution in [0.2, 0.25) is 5.02 Å². The van der Waals surface area contributed by atoms with Crippen LogP contribution in [0.25, 0.3) is 0 Å². The second kappa shape index (κ2) is 7.80. The average molecular weight is 334 g/mol. The first-order valence-corrected chi connectivity index (χ1v) is 8.47. The molecule has 0 unspecified atom stereocenters. The second-order valence-electron chi connectivity index (χ2n) is 6.03. The minimum Gasteiger partial charge on any atom is -0.489 e. The summed E-state index contributed by atoms with van der Waals surface area (Å²) in [6.45, 7) is 1.17. The molecule has 0 aliphatic heterocycles. The molecule has 4 heteroatoms. The summed E-state index contributed by atoms with van der Waals surface area (Å²) in [4.78, 5) is 0. The summed E-state index contributed by atoms with van der Waals surface area (Å²) in [5.41, 5.74) is 2.00. The molecule has 0 amide bonds. The largest absolute Gasteiger partial charge is 0.489 e. The average Bonchev–Trinajstić information content (AvgIpc) is 3.07. The van der Waals surface area contributed by atoms with Crippen molar-refractivity contribution in [3.8, 4) is 5.75 Å². The lowest BCUT2D eigenvalue weighted by Crippen LogP contribution is -2.25. The zero-order valence-corrected chi connectivity index (χ0v) is 13.8. The molecule has 1 aliphatic carbocycles. The van der Waals surface area contributed by atoms with Gasteiger partial charge in [-0.3, -0.25) is 0 Å². The fraction of sp³-hybridized carbons (Fsp3) is 0.368. The highest BCUT2D eigenvalue weighted by molar-refractivity contribution is 6.30. The summed E-state index contributed by atoms with van der Waals surface area (Å²) in [5.74, 6) is 0.589. The SMILES string of the molecule is Fc1ccc(COc2ccc(Cl)cc2CNC2CCCC2)cc1. The minimum absolute atomic E-state index is 0.235. The predicted molar refractivity (Wildman–Crippen MR) is 91.3 cm³/mol. The van der Waals surface area contributed by atoms with Crippen molar-refractivity contribution in [3.05, 3.63) is 64.4 Å². The lowest BCUT2D eigenvalue weighted by Gasteiger charge is -2.16. The normalized spacial score (nSPS) is 15.0. The Labute approximate surface area is 141 Å². The van der Waals surface area contributed by atoms with Gasteiger partial charge in [0.25, 0.3) is 0 Å². The maximum atomic E-state index is 12.9. The van der Waals surface area contributed by atoms with Crippen LogP contribution >= 0.6 is 11.6 Å². The molecule has 0 aromatic heterocycles. The van der Waals surface area contributed by atoms with Gasteiger partial charge in [0.2, 0.25) is 0 Å². The van der Waals surface area contributed by atoms with Crippen LogP contribution in [-0.4, -0.2) is 6.04 Å². The van der Waals surface area contributed by atoms with E-state index in [0.717, 1.165) is 23.4 Å². The third-order valence-electron chi connectivity index (χ3n) is 4.27. The molecule has 0 saturated heterocycles. The Balaban J connectivity index is 1.64. The molecular formula is C19H21ClFNO. The first-order chi connectivity index (χ1) is 11.2. The Hall–Kier alpha value is -1.58. The molecule has 122 valence electrons. The van der Waals surface area contributed by atoms with Crippen molar-refractivity contribution in [1.82, 2.24) is 5.32 Å². The first-order valence-electron chi connectivity index (χ1n) is 8.10. The zero-order valence-electron chi connectivity index (χ0n) is 13.0. The molecular weight excluding hydrogens is 313 g/mol. The van der Waals surface area contributed by atoms with Crippen LogP contribution in [0.5, 0.6) is 5.75 Å². The molecule has 1 aliphatic rings. The van der Waals surface area contributed by atoms with Gasteiger partial charge in [-0.2, -0.15) is 0 Å². The number of hydrogen-bond acceptors (Lipinski definition) is 2. The number of hydrogen-bond donors (Lipinski definition) is 1. The molecule has 0 atom stereocenters. The van der Waals surface area contributed by atoms with Gasteiger partial charge in [-0.1, -0.05) is 36.6 Å². The standard InChI is InChI=1S/C19H21ClFNO/c20-16-7-10-19(23-13-14-5-8-17(21)9-6-14)15(11-16)12-22-18-3-1-2-4-18/h5-11,18,22H,1-4,12-13H2. The van der Waals surface area contributed by atoms with Crippen LogP contribution in [0, 0.1) is 5.82 Å². The maximum absolute atomic E-state index is 12.9. The second-order valence-corrected chi connectivity index (χ2v) is 6.47. The third-order valence-corrected chi connectivity index (χ3v) is 4.50. The Morgan fingerprint density at radius 1 is 1.09 bits per heavy atom. The van der Waals surface area contributed by atoms with Crippen LogP contribution in [0.1, 0.15) is 36.8 Å². The van der Waals surface area contributed by atoms with Crippen LogP contribution < -0.4 is 10.1 Å². The molecule has 0 radical (unpaired) electrons. The Morgan fingerprint density at radius 3 is 2.57 bits per heavy atom. The van der Waals surface area contributed by atoms with Crippen LogP contribution in [0.4, 0.5) is 4.39 Å². The molecule has 23 heavy (non-hydrogen) atoms. The summed E-state index contributed by atoms with van der Waals surface area (Å²) in [6.07, 6.45) is 5.10. The minimum atomic E-state index is -0.235. The van der Waals surface area contributed by atoms with Crippen molar-refractivity contribution < 1.29 is 9.13 Å². The van der Waals surface area contributed by atoms with Gasteiger partial charge in [-0.15, -0.1) is 0 Å². The fourth-order valence-corrected chi connectivity index (χ4v) is 3.15. The number of ether oxygens (including phenoxy) is 1. The lowest BCUT2D eigenvalue weighted by atomic mass is 10.1.